The van der Waals surface area contributed by atoms with E-state index in [4.69, 9.17) is 9.84 Å². The van der Waals surface area contributed by atoms with Crippen molar-refractivity contribution in [3.8, 4) is 0 Å². The van der Waals surface area contributed by atoms with Crippen LogP contribution in [0.4, 0.5) is 0 Å². The third-order valence-corrected chi connectivity index (χ3v) is 2.27. The standard InChI is InChI=1S/C13H16O3/c1-10-6-7-11(5-3-4-8-14)9-12(10)13(15)16-2/h3,5-7,9,14H,4,8H2,1-2H3. The quantitative estimate of drug-likeness (QED) is 0.791. The Hall–Kier alpha value is -1.61. The van der Waals surface area contributed by atoms with Gasteiger partial charge in [-0.05, 0) is 30.5 Å². The molecule has 0 aromatic heterocycles. The molecule has 0 heterocycles. The van der Waals surface area contributed by atoms with Crippen LogP contribution in [0.5, 0.6) is 0 Å². The van der Waals surface area contributed by atoms with E-state index < -0.39 is 0 Å². The van der Waals surface area contributed by atoms with Gasteiger partial charge in [0.2, 0.25) is 0 Å². The minimum Gasteiger partial charge on any atom is -0.465 e. The number of methoxy groups -OCH3 is 1. The van der Waals surface area contributed by atoms with Gasteiger partial charge in [-0.3, -0.25) is 0 Å². The van der Waals surface area contributed by atoms with E-state index in [2.05, 4.69) is 0 Å². The molecule has 86 valence electrons. The highest BCUT2D eigenvalue weighted by atomic mass is 16.5. The summed E-state index contributed by atoms with van der Waals surface area (Å²) >= 11 is 0. The number of rotatable bonds is 4. The largest absolute Gasteiger partial charge is 0.465 e. The highest BCUT2D eigenvalue weighted by Gasteiger charge is 2.08. The van der Waals surface area contributed by atoms with Crippen molar-refractivity contribution < 1.29 is 14.6 Å². The molecule has 0 saturated carbocycles. The van der Waals surface area contributed by atoms with Crippen LogP contribution in [-0.2, 0) is 4.74 Å². The summed E-state index contributed by atoms with van der Waals surface area (Å²) in [5, 5.41) is 8.64. The Morgan fingerprint density at radius 2 is 2.25 bits per heavy atom. The second-order valence-corrected chi connectivity index (χ2v) is 3.48. The Bertz CT molecular complexity index is 394. The molecule has 1 aromatic rings. The van der Waals surface area contributed by atoms with Crippen LogP contribution >= 0.6 is 0 Å². The number of esters is 1. The van der Waals surface area contributed by atoms with Gasteiger partial charge in [0, 0.05) is 6.61 Å². The van der Waals surface area contributed by atoms with E-state index in [1.807, 2.05) is 31.2 Å². The number of carbonyl (C=O) groups excluding carboxylic acids is 1. The van der Waals surface area contributed by atoms with Crippen LogP contribution in [0, 0.1) is 6.92 Å². The van der Waals surface area contributed by atoms with Crippen molar-refractivity contribution in [3.05, 3.63) is 41.0 Å². The smallest absolute Gasteiger partial charge is 0.338 e. The first-order valence-electron chi connectivity index (χ1n) is 5.15. The van der Waals surface area contributed by atoms with Crippen LogP contribution in [0.1, 0.15) is 27.9 Å². The van der Waals surface area contributed by atoms with Gasteiger partial charge >= 0.3 is 5.97 Å². The van der Waals surface area contributed by atoms with Gasteiger partial charge in [-0.15, -0.1) is 0 Å². The summed E-state index contributed by atoms with van der Waals surface area (Å²) in [4.78, 5) is 11.4. The Morgan fingerprint density at radius 3 is 2.88 bits per heavy atom. The van der Waals surface area contributed by atoms with Crippen LogP contribution in [0.15, 0.2) is 24.3 Å². The number of carbonyl (C=O) groups is 1. The summed E-state index contributed by atoms with van der Waals surface area (Å²) in [6.07, 6.45) is 4.36. The maximum atomic E-state index is 11.4. The lowest BCUT2D eigenvalue weighted by Crippen LogP contribution is -2.03. The number of benzene rings is 1. The number of hydrogen-bond acceptors (Lipinski definition) is 3. The predicted molar refractivity (Wildman–Crippen MR) is 63.3 cm³/mol. The van der Waals surface area contributed by atoms with Gasteiger partial charge in [0.25, 0.3) is 0 Å². The van der Waals surface area contributed by atoms with Crippen LogP contribution in [0.25, 0.3) is 6.08 Å². The molecule has 0 radical (unpaired) electrons. The summed E-state index contributed by atoms with van der Waals surface area (Å²) in [6, 6.07) is 5.59. The van der Waals surface area contributed by atoms with E-state index in [0.717, 1.165) is 11.1 Å². The van der Waals surface area contributed by atoms with E-state index in [1.165, 1.54) is 7.11 Å². The Morgan fingerprint density at radius 1 is 1.50 bits per heavy atom. The molecule has 0 bridgehead atoms. The van der Waals surface area contributed by atoms with Crippen molar-refractivity contribution in [2.24, 2.45) is 0 Å². The number of hydrogen-bond donors (Lipinski definition) is 1. The first-order chi connectivity index (χ1) is 7.69. The highest BCUT2D eigenvalue weighted by Crippen LogP contribution is 2.13. The summed E-state index contributed by atoms with van der Waals surface area (Å²) in [6.45, 7) is 2.00. The number of ether oxygens (including phenoxy) is 1. The molecule has 16 heavy (non-hydrogen) atoms. The molecule has 0 unspecified atom stereocenters. The lowest BCUT2D eigenvalue weighted by Gasteiger charge is -2.04. The molecule has 0 fully saturated rings. The lowest BCUT2D eigenvalue weighted by molar-refractivity contribution is 0.0600. The Kier molecular flexibility index (Phi) is 4.73. The minimum absolute atomic E-state index is 0.131. The Balaban J connectivity index is 2.93. The molecule has 0 saturated heterocycles. The second-order valence-electron chi connectivity index (χ2n) is 3.48. The van der Waals surface area contributed by atoms with Crippen LogP contribution in [0.2, 0.25) is 0 Å². The zero-order valence-electron chi connectivity index (χ0n) is 9.56. The average molecular weight is 220 g/mol. The van der Waals surface area contributed by atoms with Gasteiger partial charge in [0.15, 0.2) is 0 Å². The topological polar surface area (TPSA) is 46.5 Å². The molecule has 1 rings (SSSR count). The third kappa shape index (κ3) is 3.21. The van der Waals surface area contributed by atoms with Crippen LogP contribution in [-0.4, -0.2) is 24.8 Å². The van der Waals surface area contributed by atoms with Gasteiger partial charge in [-0.25, -0.2) is 4.79 Å². The molecular formula is C13H16O3. The molecule has 0 spiro atoms. The number of aliphatic hydroxyl groups excluding tert-OH is 1. The molecule has 0 atom stereocenters. The number of aryl methyl sites for hydroxylation is 1. The van der Waals surface area contributed by atoms with Gasteiger partial charge < -0.3 is 9.84 Å². The molecule has 0 amide bonds. The molecule has 0 aliphatic rings. The first kappa shape index (κ1) is 12.5. The van der Waals surface area contributed by atoms with Crippen molar-refractivity contribution in [2.45, 2.75) is 13.3 Å². The minimum atomic E-state index is -0.324. The van der Waals surface area contributed by atoms with Gasteiger partial charge in [0.1, 0.15) is 0 Å². The second kappa shape index (κ2) is 6.08. The molecule has 0 aliphatic heterocycles. The fourth-order valence-electron chi connectivity index (χ4n) is 1.37. The molecule has 0 aliphatic carbocycles. The fourth-order valence-corrected chi connectivity index (χ4v) is 1.37. The van der Waals surface area contributed by atoms with Gasteiger partial charge in [-0.2, -0.15) is 0 Å². The van der Waals surface area contributed by atoms with Crippen molar-refractivity contribution in [3.63, 3.8) is 0 Å². The maximum Gasteiger partial charge on any atom is 0.338 e. The number of aliphatic hydroxyl groups is 1. The average Bonchev–Trinajstić information content (AvgIpc) is 2.30. The van der Waals surface area contributed by atoms with E-state index in [0.29, 0.717) is 12.0 Å². The molecule has 1 aromatic carbocycles. The fraction of sp³-hybridized carbons (Fsp3) is 0.308. The molecule has 3 nitrogen and oxygen atoms in total. The normalized spacial score (nSPS) is 10.7. The molecule has 1 N–H and O–H groups in total. The van der Waals surface area contributed by atoms with Crippen LogP contribution in [0.3, 0.4) is 0 Å². The van der Waals surface area contributed by atoms with Crippen molar-refractivity contribution in [1.29, 1.82) is 0 Å². The van der Waals surface area contributed by atoms with Gasteiger partial charge in [0.05, 0.1) is 12.7 Å². The van der Waals surface area contributed by atoms with Crippen molar-refractivity contribution >= 4 is 12.0 Å². The van der Waals surface area contributed by atoms with E-state index >= 15 is 0 Å². The summed E-state index contributed by atoms with van der Waals surface area (Å²) < 4.78 is 4.69. The van der Waals surface area contributed by atoms with E-state index in [1.54, 1.807) is 6.07 Å². The first-order valence-corrected chi connectivity index (χ1v) is 5.15. The van der Waals surface area contributed by atoms with E-state index in [-0.39, 0.29) is 12.6 Å². The van der Waals surface area contributed by atoms with Crippen molar-refractivity contribution in [2.75, 3.05) is 13.7 Å². The van der Waals surface area contributed by atoms with Gasteiger partial charge in [-0.1, -0.05) is 24.3 Å². The van der Waals surface area contributed by atoms with Crippen LogP contribution < -0.4 is 0 Å². The highest BCUT2D eigenvalue weighted by molar-refractivity contribution is 5.91. The van der Waals surface area contributed by atoms with E-state index in [9.17, 15) is 4.79 Å². The zero-order chi connectivity index (χ0) is 12.0. The maximum absolute atomic E-state index is 11.4. The zero-order valence-corrected chi connectivity index (χ0v) is 9.56. The lowest BCUT2D eigenvalue weighted by atomic mass is 10.0. The third-order valence-electron chi connectivity index (χ3n) is 2.27. The predicted octanol–water partition coefficient (Wildman–Crippen LogP) is 2.18. The summed E-state index contributed by atoms with van der Waals surface area (Å²) in [7, 11) is 1.37. The van der Waals surface area contributed by atoms with Crippen molar-refractivity contribution in [1.82, 2.24) is 0 Å². The SMILES string of the molecule is COC(=O)c1cc(C=CCCO)ccc1C. The molecular weight excluding hydrogens is 204 g/mol. The summed E-state index contributed by atoms with van der Waals surface area (Å²) in [5.41, 5.74) is 2.40. The summed E-state index contributed by atoms with van der Waals surface area (Å²) in [5.74, 6) is -0.324. The Labute approximate surface area is 95.4 Å². The molecule has 3 heteroatoms. The monoisotopic (exact) mass is 220 g/mol.